The molecule has 0 spiro atoms. The molecule has 0 radical (unpaired) electrons. The van der Waals surface area contributed by atoms with Crippen molar-refractivity contribution in [1.82, 2.24) is 18.4 Å². The average molecular weight is 397 g/mol. The molecule has 1 N–H and O–H groups in total. The van der Waals surface area contributed by atoms with Gasteiger partial charge in [0.2, 0.25) is 0 Å². The number of aryl methyl sites for hydroxylation is 1. The highest BCUT2D eigenvalue weighted by atomic mass is 32.2. The van der Waals surface area contributed by atoms with Crippen LogP contribution in [0.3, 0.4) is 0 Å². The summed E-state index contributed by atoms with van der Waals surface area (Å²) >= 11 is 0. The molecule has 1 amide bonds. The van der Waals surface area contributed by atoms with Crippen LogP contribution < -0.4 is 0 Å². The Morgan fingerprint density at radius 1 is 1.00 bits per heavy atom. The zero-order valence-corrected chi connectivity index (χ0v) is 16.8. The predicted octanol–water partition coefficient (Wildman–Crippen LogP) is 0.205. The van der Waals surface area contributed by atoms with Crippen molar-refractivity contribution in [1.29, 1.82) is 0 Å². The van der Waals surface area contributed by atoms with Gasteiger partial charge in [0.15, 0.2) is 0 Å². The third kappa shape index (κ3) is 4.26. The first-order valence-electron chi connectivity index (χ1n) is 9.38. The Hall–Kier alpha value is -1.68. The van der Waals surface area contributed by atoms with Crippen molar-refractivity contribution in [3.63, 3.8) is 0 Å². The van der Waals surface area contributed by atoms with Crippen LogP contribution in [0.4, 0.5) is 0 Å². The molecule has 1 aromatic rings. The second-order valence-corrected chi connectivity index (χ2v) is 9.03. The third-order valence-electron chi connectivity index (χ3n) is 5.35. The molecule has 2 aliphatic rings. The molecule has 150 valence electrons. The Bertz CT molecular complexity index is 783. The summed E-state index contributed by atoms with van der Waals surface area (Å²) in [4.78, 5) is 16.5. The number of carbonyl (C=O) groups is 1. The lowest BCUT2D eigenvalue weighted by molar-refractivity contribution is 0.0692. The molecule has 2 fully saturated rings. The van der Waals surface area contributed by atoms with Gasteiger partial charge in [-0.2, -0.15) is 17.0 Å². The fraction of sp³-hybridized carbons (Fsp3) is 0.611. The van der Waals surface area contributed by atoms with Gasteiger partial charge in [-0.05, 0) is 37.2 Å². The van der Waals surface area contributed by atoms with E-state index in [-0.39, 0.29) is 11.7 Å². The molecule has 3 rings (SSSR count). The van der Waals surface area contributed by atoms with E-state index in [4.69, 9.17) is 0 Å². The van der Waals surface area contributed by atoms with Crippen molar-refractivity contribution >= 4 is 16.1 Å². The highest BCUT2D eigenvalue weighted by Crippen LogP contribution is 2.21. The van der Waals surface area contributed by atoms with Gasteiger partial charge in [-0.1, -0.05) is 6.92 Å². The minimum Gasteiger partial charge on any atom is -0.508 e. The largest absolute Gasteiger partial charge is 0.508 e. The van der Waals surface area contributed by atoms with Crippen LogP contribution in [-0.2, 0) is 16.6 Å². The quantitative estimate of drug-likeness (QED) is 0.786. The number of rotatable bonds is 4. The summed E-state index contributed by atoms with van der Waals surface area (Å²) in [5.41, 5.74) is 1.26. The van der Waals surface area contributed by atoms with Crippen LogP contribution in [0, 0.1) is 0 Å². The summed E-state index contributed by atoms with van der Waals surface area (Å²) in [6.07, 6.45) is 0.643. The minimum atomic E-state index is -3.47. The number of amides is 1. The highest BCUT2D eigenvalue weighted by molar-refractivity contribution is 7.86. The first kappa shape index (κ1) is 20.1. The van der Waals surface area contributed by atoms with Crippen LogP contribution in [0.2, 0.25) is 0 Å². The molecule has 27 heavy (non-hydrogen) atoms. The summed E-state index contributed by atoms with van der Waals surface area (Å²) in [5.74, 6) is 0.0680. The number of phenolic OH excluding ortho intramolecular Hbond substituents is 1. The number of aromatic hydroxyl groups is 1. The number of phenols is 1. The predicted molar refractivity (Wildman–Crippen MR) is 103 cm³/mol. The number of carbonyl (C=O) groups excluding carboxylic acids is 1. The van der Waals surface area contributed by atoms with Crippen molar-refractivity contribution in [3.05, 3.63) is 29.3 Å². The minimum absolute atomic E-state index is 0.124. The van der Waals surface area contributed by atoms with E-state index in [0.29, 0.717) is 51.3 Å². The van der Waals surface area contributed by atoms with Crippen LogP contribution in [0.1, 0.15) is 22.8 Å². The third-order valence-corrected chi connectivity index (χ3v) is 7.38. The number of hydrogen-bond donors (Lipinski definition) is 1. The van der Waals surface area contributed by atoms with Crippen LogP contribution >= 0.6 is 0 Å². The summed E-state index contributed by atoms with van der Waals surface area (Å²) in [6.45, 7) is 5.75. The fourth-order valence-corrected chi connectivity index (χ4v) is 5.06. The average Bonchev–Trinajstić information content (AvgIpc) is 2.68. The standard InChI is InChI=1S/C18H28N4O4S/c1-3-15-14-16(4-5-17(15)23)18(24)20-8-12-22(13-9-20)27(25,26)21-10-6-19(2)7-11-21/h4-5,14,23H,3,6-13H2,1-2H3. The van der Waals surface area contributed by atoms with E-state index in [1.165, 1.54) is 8.61 Å². The zero-order chi connectivity index (χ0) is 19.6. The van der Waals surface area contributed by atoms with E-state index < -0.39 is 10.2 Å². The Kier molecular flexibility index (Phi) is 6.05. The molecule has 0 aromatic heterocycles. The number of likely N-dealkylation sites (N-methyl/N-ethyl adjacent to an activating group) is 1. The Morgan fingerprint density at radius 3 is 2.11 bits per heavy atom. The first-order chi connectivity index (χ1) is 12.8. The number of hydrogen-bond acceptors (Lipinski definition) is 5. The van der Waals surface area contributed by atoms with Crippen LogP contribution in [0.25, 0.3) is 0 Å². The SMILES string of the molecule is CCc1cc(C(=O)N2CCN(S(=O)(=O)N3CCN(C)CC3)CC2)ccc1O. The normalized spacial score (nSPS) is 20.7. The van der Waals surface area contributed by atoms with Gasteiger partial charge in [0, 0.05) is 57.9 Å². The lowest BCUT2D eigenvalue weighted by Gasteiger charge is -2.39. The number of nitrogens with zero attached hydrogens (tertiary/aromatic N) is 4. The lowest BCUT2D eigenvalue weighted by Crippen LogP contribution is -2.57. The molecular formula is C18H28N4O4S. The van der Waals surface area contributed by atoms with E-state index in [0.717, 1.165) is 18.7 Å². The molecule has 1 aromatic carbocycles. The van der Waals surface area contributed by atoms with Gasteiger partial charge in [-0.25, -0.2) is 0 Å². The molecule has 0 unspecified atom stereocenters. The van der Waals surface area contributed by atoms with Crippen molar-refractivity contribution in [3.8, 4) is 5.75 Å². The summed E-state index contributed by atoms with van der Waals surface area (Å²) in [5, 5.41) is 9.79. The molecule has 0 aliphatic carbocycles. The monoisotopic (exact) mass is 396 g/mol. The number of piperazine rings is 2. The van der Waals surface area contributed by atoms with Crippen molar-refractivity contribution < 1.29 is 18.3 Å². The fourth-order valence-electron chi connectivity index (χ4n) is 3.49. The van der Waals surface area contributed by atoms with E-state index in [1.807, 2.05) is 14.0 Å². The van der Waals surface area contributed by atoms with Gasteiger partial charge >= 0.3 is 0 Å². The van der Waals surface area contributed by atoms with E-state index in [9.17, 15) is 18.3 Å². The molecule has 8 nitrogen and oxygen atoms in total. The van der Waals surface area contributed by atoms with Crippen molar-refractivity contribution in [2.45, 2.75) is 13.3 Å². The van der Waals surface area contributed by atoms with Gasteiger partial charge in [0.25, 0.3) is 16.1 Å². The summed E-state index contributed by atoms with van der Waals surface area (Å²) in [6, 6.07) is 4.87. The molecule has 0 saturated carbocycles. The molecule has 2 saturated heterocycles. The molecule has 0 bridgehead atoms. The van der Waals surface area contributed by atoms with E-state index in [1.54, 1.807) is 23.1 Å². The number of benzene rings is 1. The Balaban J connectivity index is 1.62. The zero-order valence-electron chi connectivity index (χ0n) is 16.0. The first-order valence-corrected chi connectivity index (χ1v) is 10.8. The highest BCUT2D eigenvalue weighted by Gasteiger charge is 2.34. The van der Waals surface area contributed by atoms with E-state index in [2.05, 4.69) is 4.90 Å². The molecule has 0 atom stereocenters. The maximum absolute atomic E-state index is 12.8. The molecule has 2 heterocycles. The van der Waals surface area contributed by atoms with Gasteiger partial charge in [-0.3, -0.25) is 4.79 Å². The van der Waals surface area contributed by atoms with Crippen LogP contribution in [0.15, 0.2) is 18.2 Å². The van der Waals surface area contributed by atoms with Gasteiger partial charge in [0.1, 0.15) is 5.75 Å². The van der Waals surface area contributed by atoms with Crippen LogP contribution in [-0.4, -0.2) is 97.2 Å². The topological polar surface area (TPSA) is 84.4 Å². The van der Waals surface area contributed by atoms with Gasteiger partial charge in [0.05, 0.1) is 0 Å². The second kappa shape index (κ2) is 8.14. The maximum Gasteiger partial charge on any atom is 0.282 e. The smallest absolute Gasteiger partial charge is 0.282 e. The van der Waals surface area contributed by atoms with E-state index >= 15 is 0 Å². The lowest BCUT2D eigenvalue weighted by atomic mass is 10.1. The molecular weight excluding hydrogens is 368 g/mol. The van der Waals surface area contributed by atoms with Crippen molar-refractivity contribution in [2.75, 3.05) is 59.4 Å². The molecule has 2 aliphatic heterocycles. The summed E-state index contributed by atoms with van der Waals surface area (Å²) < 4.78 is 28.7. The second-order valence-electron chi connectivity index (χ2n) is 7.10. The Labute approximate surface area is 161 Å². The van der Waals surface area contributed by atoms with Crippen LogP contribution in [0.5, 0.6) is 5.75 Å². The summed E-state index contributed by atoms with van der Waals surface area (Å²) in [7, 11) is -1.48. The van der Waals surface area contributed by atoms with Gasteiger partial charge in [-0.15, -0.1) is 0 Å². The van der Waals surface area contributed by atoms with Crippen molar-refractivity contribution in [2.24, 2.45) is 0 Å². The Morgan fingerprint density at radius 2 is 1.56 bits per heavy atom. The maximum atomic E-state index is 12.8. The van der Waals surface area contributed by atoms with Gasteiger partial charge < -0.3 is 14.9 Å². The molecule has 9 heteroatoms.